The second kappa shape index (κ2) is 11.5. The molecule has 1 fully saturated rings. The van der Waals surface area contributed by atoms with E-state index in [4.69, 9.17) is 14.2 Å². The molecule has 198 valence electrons. The molecular formula is C27H33N3O7. The van der Waals surface area contributed by atoms with E-state index >= 15 is 0 Å². The number of fused-ring (bicyclic) bond motifs is 1. The van der Waals surface area contributed by atoms with E-state index in [1.807, 2.05) is 26.0 Å². The fourth-order valence-electron chi connectivity index (χ4n) is 4.90. The standard InChI is InChI=1S/C27H33N3O7/c1-4-35-22-13-17(14-23(36-5-2)24(22)26(33)37-6-3)16-29-11-9-19(10-12-29)30-21-8-7-18(25(31)32)15-20(21)28-27(30)34/h7-8,13-15,19H,4-6,9-12,16H2,1-3H3,(H,28,34)(H,31,32). The molecule has 10 heteroatoms. The first kappa shape index (κ1) is 26.3. The highest BCUT2D eigenvalue weighted by molar-refractivity contribution is 5.96. The summed E-state index contributed by atoms with van der Waals surface area (Å²) in [6.45, 7) is 8.72. The summed E-state index contributed by atoms with van der Waals surface area (Å²) in [6.07, 6.45) is 1.54. The lowest BCUT2D eigenvalue weighted by molar-refractivity contribution is 0.0516. The van der Waals surface area contributed by atoms with E-state index in [0.29, 0.717) is 47.9 Å². The van der Waals surface area contributed by atoms with Gasteiger partial charge in [0, 0.05) is 25.7 Å². The fourth-order valence-corrected chi connectivity index (χ4v) is 4.90. The summed E-state index contributed by atoms with van der Waals surface area (Å²) >= 11 is 0. The van der Waals surface area contributed by atoms with E-state index in [2.05, 4.69) is 9.88 Å². The van der Waals surface area contributed by atoms with Crippen molar-refractivity contribution in [1.29, 1.82) is 0 Å². The minimum atomic E-state index is -1.03. The maximum atomic E-state index is 12.7. The van der Waals surface area contributed by atoms with Gasteiger partial charge in [-0.3, -0.25) is 9.47 Å². The Labute approximate surface area is 214 Å². The number of esters is 1. The monoisotopic (exact) mass is 511 g/mol. The van der Waals surface area contributed by atoms with E-state index in [9.17, 15) is 19.5 Å². The van der Waals surface area contributed by atoms with E-state index in [1.54, 1.807) is 17.6 Å². The van der Waals surface area contributed by atoms with Gasteiger partial charge < -0.3 is 24.3 Å². The zero-order valence-electron chi connectivity index (χ0n) is 21.4. The maximum Gasteiger partial charge on any atom is 0.345 e. The van der Waals surface area contributed by atoms with Crippen LogP contribution in [0.3, 0.4) is 0 Å². The van der Waals surface area contributed by atoms with Crippen LogP contribution in [0.2, 0.25) is 0 Å². The van der Waals surface area contributed by atoms with Crippen LogP contribution in [-0.2, 0) is 11.3 Å². The topological polar surface area (TPSA) is 123 Å². The Bertz CT molecular complexity index is 1310. The van der Waals surface area contributed by atoms with Crippen molar-refractivity contribution in [2.45, 2.75) is 46.2 Å². The third kappa shape index (κ3) is 5.64. The van der Waals surface area contributed by atoms with Gasteiger partial charge in [0.25, 0.3) is 0 Å². The molecule has 1 saturated heterocycles. The Morgan fingerprint density at radius 2 is 1.65 bits per heavy atom. The number of piperidine rings is 1. The average molecular weight is 512 g/mol. The third-order valence-electron chi connectivity index (χ3n) is 6.50. The van der Waals surface area contributed by atoms with E-state index in [0.717, 1.165) is 31.5 Å². The van der Waals surface area contributed by atoms with Gasteiger partial charge in [-0.2, -0.15) is 0 Å². The molecule has 3 aromatic rings. The number of benzene rings is 2. The number of nitrogens with zero attached hydrogens (tertiary/aromatic N) is 2. The maximum absolute atomic E-state index is 12.7. The van der Waals surface area contributed by atoms with Crippen LogP contribution in [0.4, 0.5) is 0 Å². The Morgan fingerprint density at radius 3 is 2.22 bits per heavy atom. The highest BCUT2D eigenvalue weighted by Gasteiger charge is 2.26. The van der Waals surface area contributed by atoms with Gasteiger partial charge in [0.1, 0.15) is 17.1 Å². The van der Waals surface area contributed by atoms with Gasteiger partial charge in [-0.15, -0.1) is 0 Å². The Hall–Kier alpha value is -3.79. The minimum absolute atomic E-state index is 0.0114. The highest BCUT2D eigenvalue weighted by atomic mass is 16.5. The van der Waals surface area contributed by atoms with Crippen LogP contribution in [0.15, 0.2) is 35.1 Å². The van der Waals surface area contributed by atoms with Crippen molar-refractivity contribution < 1.29 is 28.9 Å². The molecule has 10 nitrogen and oxygen atoms in total. The summed E-state index contributed by atoms with van der Waals surface area (Å²) < 4.78 is 18.5. The number of hydrogen-bond donors (Lipinski definition) is 2. The van der Waals surface area contributed by atoms with Crippen LogP contribution < -0.4 is 15.2 Å². The Morgan fingerprint density at radius 1 is 1.00 bits per heavy atom. The number of aromatic nitrogens is 2. The molecule has 1 aliphatic rings. The highest BCUT2D eigenvalue weighted by Crippen LogP contribution is 2.33. The lowest BCUT2D eigenvalue weighted by atomic mass is 10.0. The van der Waals surface area contributed by atoms with Gasteiger partial charge in [0.2, 0.25) is 0 Å². The number of carboxylic acid groups (broad SMARTS) is 1. The van der Waals surface area contributed by atoms with Crippen LogP contribution >= 0.6 is 0 Å². The van der Waals surface area contributed by atoms with Crippen LogP contribution in [0.25, 0.3) is 11.0 Å². The van der Waals surface area contributed by atoms with Crippen LogP contribution in [0, 0.1) is 0 Å². The molecule has 1 aromatic heterocycles. The molecule has 4 rings (SSSR count). The van der Waals surface area contributed by atoms with Crippen molar-refractivity contribution >= 4 is 23.0 Å². The largest absolute Gasteiger partial charge is 0.493 e. The lowest BCUT2D eigenvalue weighted by Crippen LogP contribution is -2.36. The second-order valence-corrected chi connectivity index (χ2v) is 8.90. The van der Waals surface area contributed by atoms with Gasteiger partial charge in [0.05, 0.1) is 36.4 Å². The van der Waals surface area contributed by atoms with Crippen molar-refractivity contribution in [3.05, 3.63) is 57.5 Å². The molecule has 2 aromatic carbocycles. The van der Waals surface area contributed by atoms with E-state index in [-0.39, 0.29) is 23.9 Å². The van der Waals surface area contributed by atoms with Crippen LogP contribution in [-0.4, -0.2) is 64.4 Å². The molecule has 0 aliphatic carbocycles. The quantitative estimate of drug-likeness (QED) is 0.394. The Kier molecular flexibility index (Phi) is 8.17. The number of aromatic amines is 1. The number of aromatic carboxylic acids is 1. The summed E-state index contributed by atoms with van der Waals surface area (Å²) in [7, 11) is 0. The third-order valence-corrected chi connectivity index (χ3v) is 6.50. The summed E-state index contributed by atoms with van der Waals surface area (Å²) in [4.78, 5) is 41.7. The minimum Gasteiger partial charge on any atom is -0.493 e. The molecule has 0 bridgehead atoms. The molecule has 0 unspecified atom stereocenters. The van der Waals surface area contributed by atoms with Gasteiger partial charge in [-0.1, -0.05) is 0 Å². The SMILES string of the molecule is CCOC(=O)c1c(OCC)cc(CN2CCC(n3c(=O)[nH]c4cc(C(=O)O)ccc43)CC2)cc1OCC. The van der Waals surface area contributed by atoms with Crippen molar-refractivity contribution in [3.63, 3.8) is 0 Å². The predicted octanol–water partition coefficient (Wildman–Crippen LogP) is 3.84. The van der Waals surface area contributed by atoms with Gasteiger partial charge in [-0.05, 0) is 69.5 Å². The molecule has 37 heavy (non-hydrogen) atoms. The molecule has 0 saturated carbocycles. The first-order valence-corrected chi connectivity index (χ1v) is 12.7. The molecule has 2 heterocycles. The molecular weight excluding hydrogens is 478 g/mol. The number of ether oxygens (including phenoxy) is 3. The zero-order chi connectivity index (χ0) is 26.5. The summed E-state index contributed by atoms with van der Waals surface area (Å²) in [5.74, 6) is -0.605. The first-order chi connectivity index (χ1) is 17.9. The number of carbonyl (C=O) groups excluding carboxylic acids is 1. The van der Waals surface area contributed by atoms with Gasteiger partial charge in [0.15, 0.2) is 0 Å². The van der Waals surface area contributed by atoms with Crippen molar-refractivity contribution in [1.82, 2.24) is 14.5 Å². The number of rotatable bonds is 10. The lowest BCUT2D eigenvalue weighted by Gasteiger charge is -2.32. The molecule has 1 aliphatic heterocycles. The number of carboxylic acids is 1. The van der Waals surface area contributed by atoms with E-state index < -0.39 is 11.9 Å². The number of H-pyrrole nitrogens is 1. The van der Waals surface area contributed by atoms with Crippen molar-refractivity contribution in [2.24, 2.45) is 0 Å². The summed E-state index contributed by atoms with van der Waals surface area (Å²) in [5, 5.41) is 9.24. The number of imidazole rings is 1. The van der Waals surface area contributed by atoms with Crippen molar-refractivity contribution in [3.8, 4) is 11.5 Å². The number of nitrogens with one attached hydrogen (secondary N) is 1. The predicted molar refractivity (Wildman–Crippen MR) is 138 cm³/mol. The summed E-state index contributed by atoms with van der Waals surface area (Å²) in [6, 6.07) is 8.46. The molecule has 0 atom stereocenters. The van der Waals surface area contributed by atoms with E-state index in [1.165, 1.54) is 12.1 Å². The Balaban J connectivity index is 1.51. The zero-order valence-corrected chi connectivity index (χ0v) is 21.4. The normalized spacial score (nSPS) is 14.6. The van der Waals surface area contributed by atoms with Crippen LogP contribution in [0.1, 0.15) is 65.9 Å². The first-order valence-electron chi connectivity index (χ1n) is 12.7. The second-order valence-electron chi connectivity index (χ2n) is 8.90. The molecule has 2 N–H and O–H groups in total. The molecule has 0 radical (unpaired) electrons. The van der Waals surface area contributed by atoms with Crippen LogP contribution in [0.5, 0.6) is 11.5 Å². The number of likely N-dealkylation sites (tertiary alicyclic amines) is 1. The fraction of sp³-hybridized carbons (Fsp3) is 0.444. The number of carbonyl (C=O) groups is 2. The van der Waals surface area contributed by atoms with Gasteiger partial charge >= 0.3 is 17.6 Å². The molecule has 0 spiro atoms. The van der Waals surface area contributed by atoms with Crippen molar-refractivity contribution in [2.75, 3.05) is 32.9 Å². The van der Waals surface area contributed by atoms with Gasteiger partial charge in [-0.25, -0.2) is 14.4 Å². The average Bonchev–Trinajstić information content (AvgIpc) is 3.20. The smallest absolute Gasteiger partial charge is 0.345 e. The number of hydrogen-bond acceptors (Lipinski definition) is 7. The molecule has 0 amide bonds. The summed E-state index contributed by atoms with van der Waals surface area (Å²) in [5.41, 5.74) is 2.42.